The first-order valence-electron chi connectivity index (χ1n) is 9.75. The fourth-order valence-corrected chi connectivity index (χ4v) is 4.74. The minimum absolute atomic E-state index is 0.109. The fraction of sp³-hybridized carbons (Fsp3) is 0.0741. The van der Waals surface area contributed by atoms with Crippen LogP contribution < -0.4 is 0 Å². The average molecular weight is 358 g/mol. The van der Waals surface area contributed by atoms with Gasteiger partial charge in [0.25, 0.3) is 0 Å². The highest BCUT2D eigenvalue weighted by Crippen LogP contribution is 2.38. The molecule has 0 fully saturated rings. The molecular weight excluding hydrogens is 340 g/mol. The molecule has 132 valence electrons. The Morgan fingerprint density at radius 1 is 0.500 bits per heavy atom. The highest BCUT2D eigenvalue weighted by Gasteiger charge is 2.22. The van der Waals surface area contributed by atoms with E-state index < -0.39 is 0 Å². The molecule has 1 heteroatoms. The summed E-state index contributed by atoms with van der Waals surface area (Å²) in [6, 6.07) is 29.3. The summed E-state index contributed by atoms with van der Waals surface area (Å²) < 4.78 is 0. The van der Waals surface area contributed by atoms with Gasteiger partial charge >= 0.3 is 0 Å². The van der Waals surface area contributed by atoms with Crippen molar-refractivity contribution < 1.29 is 4.79 Å². The van der Waals surface area contributed by atoms with E-state index in [-0.39, 0.29) is 5.78 Å². The lowest BCUT2D eigenvalue weighted by atomic mass is 9.96. The van der Waals surface area contributed by atoms with Crippen LogP contribution >= 0.6 is 0 Å². The zero-order chi connectivity index (χ0) is 18.7. The van der Waals surface area contributed by atoms with Gasteiger partial charge in [-0.1, -0.05) is 72.8 Å². The van der Waals surface area contributed by atoms with Crippen molar-refractivity contribution in [1.29, 1.82) is 0 Å². The second kappa shape index (κ2) is 5.77. The van der Waals surface area contributed by atoms with E-state index in [1.165, 1.54) is 44.5 Å². The van der Waals surface area contributed by atoms with Gasteiger partial charge in [-0.25, -0.2) is 0 Å². The van der Waals surface area contributed by atoms with Crippen molar-refractivity contribution in [2.75, 3.05) is 0 Å². The predicted molar refractivity (Wildman–Crippen MR) is 113 cm³/mol. The number of ketones is 1. The third-order valence-electron chi connectivity index (χ3n) is 6.11. The normalized spacial score (nSPS) is 12.9. The maximum absolute atomic E-state index is 13.2. The van der Waals surface area contributed by atoms with Gasteiger partial charge in [0.2, 0.25) is 0 Å². The molecule has 0 saturated heterocycles. The van der Waals surface area contributed by atoms with E-state index in [0.717, 1.165) is 24.0 Å². The summed E-state index contributed by atoms with van der Waals surface area (Å²) >= 11 is 0. The van der Waals surface area contributed by atoms with Crippen molar-refractivity contribution in [3.8, 4) is 22.3 Å². The van der Waals surface area contributed by atoms with E-state index in [9.17, 15) is 4.79 Å². The van der Waals surface area contributed by atoms with Crippen LogP contribution in [0.15, 0.2) is 84.9 Å². The summed E-state index contributed by atoms with van der Waals surface area (Å²) in [5.74, 6) is 0.109. The minimum Gasteiger partial charge on any atom is -0.289 e. The first-order valence-corrected chi connectivity index (χ1v) is 9.75. The Morgan fingerprint density at radius 2 is 0.929 bits per heavy atom. The molecule has 0 aliphatic heterocycles. The Morgan fingerprint density at radius 3 is 1.43 bits per heavy atom. The summed E-state index contributed by atoms with van der Waals surface area (Å²) in [5, 5.41) is 0. The molecule has 1 nitrogen and oxygen atoms in total. The highest BCUT2D eigenvalue weighted by molar-refractivity contribution is 6.10. The molecule has 0 aromatic heterocycles. The van der Waals surface area contributed by atoms with Crippen molar-refractivity contribution in [3.63, 3.8) is 0 Å². The van der Waals surface area contributed by atoms with E-state index in [0.29, 0.717) is 0 Å². The molecule has 2 aliphatic rings. The van der Waals surface area contributed by atoms with Crippen LogP contribution in [0.25, 0.3) is 22.3 Å². The average Bonchev–Trinajstić information content (AvgIpc) is 3.30. The number of benzene rings is 4. The van der Waals surface area contributed by atoms with Crippen molar-refractivity contribution in [2.24, 2.45) is 0 Å². The Bertz CT molecular complexity index is 1180. The van der Waals surface area contributed by atoms with E-state index in [2.05, 4.69) is 72.8 Å². The maximum Gasteiger partial charge on any atom is 0.193 e. The van der Waals surface area contributed by atoms with Crippen LogP contribution in [0.3, 0.4) is 0 Å². The van der Waals surface area contributed by atoms with Crippen LogP contribution in [0.5, 0.6) is 0 Å². The lowest BCUT2D eigenvalue weighted by Crippen LogP contribution is -2.03. The summed E-state index contributed by atoms with van der Waals surface area (Å²) in [7, 11) is 0. The molecule has 0 spiro atoms. The van der Waals surface area contributed by atoms with E-state index >= 15 is 0 Å². The van der Waals surface area contributed by atoms with Crippen LogP contribution in [-0.4, -0.2) is 5.78 Å². The molecule has 2 aliphatic carbocycles. The van der Waals surface area contributed by atoms with Crippen molar-refractivity contribution in [2.45, 2.75) is 12.8 Å². The van der Waals surface area contributed by atoms with Gasteiger partial charge in [0.05, 0.1) is 0 Å². The number of carbonyl (C=O) groups excluding carboxylic acids is 1. The first-order chi connectivity index (χ1) is 13.8. The molecule has 28 heavy (non-hydrogen) atoms. The Labute approximate surface area is 164 Å². The lowest BCUT2D eigenvalue weighted by molar-refractivity contribution is 0.103. The van der Waals surface area contributed by atoms with E-state index in [1.54, 1.807) is 0 Å². The number of hydrogen-bond acceptors (Lipinski definition) is 1. The third kappa shape index (κ3) is 2.23. The van der Waals surface area contributed by atoms with Gasteiger partial charge in [0.15, 0.2) is 5.78 Å². The third-order valence-corrected chi connectivity index (χ3v) is 6.11. The molecule has 6 rings (SSSR count). The largest absolute Gasteiger partial charge is 0.289 e. The Hall–Kier alpha value is -3.45. The van der Waals surface area contributed by atoms with E-state index in [4.69, 9.17) is 0 Å². The molecular formula is C27H18O. The molecule has 0 unspecified atom stereocenters. The number of carbonyl (C=O) groups is 1. The smallest absolute Gasteiger partial charge is 0.193 e. The van der Waals surface area contributed by atoms with Gasteiger partial charge in [-0.3, -0.25) is 4.79 Å². The molecule has 4 aromatic rings. The van der Waals surface area contributed by atoms with Crippen LogP contribution in [0, 0.1) is 0 Å². The Balaban J connectivity index is 1.36. The van der Waals surface area contributed by atoms with Crippen LogP contribution in [-0.2, 0) is 12.8 Å². The second-order valence-corrected chi connectivity index (χ2v) is 7.74. The summed E-state index contributed by atoms with van der Waals surface area (Å²) in [6.45, 7) is 0. The minimum atomic E-state index is 0.109. The van der Waals surface area contributed by atoms with Gasteiger partial charge in [0.1, 0.15) is 0 Å². The highest BCUT2D eigenvalue weighted by atomic mass is 16.1. The zero-order valence-electron chi connectivity index (χ0n) is 15.4. The molecule has 0 atom stereocenters. The van der Waals surface area contributed by atoms with Crippen LogP contribution in [0.2, 0.25) is 0 Å². The predicted octanol–water partition coefficient (Wildman–Crippen LogP) is 6.06. The molecule has 0 N–H and O–H groups in total. The number of fused-ring (bicyclic) bond motifs is 6. The summed E-state index contributed by atoms with van der Waals surface area (Å²) in [4.78, 5) is 13.2. The van der Waals surface area contributed by atoms with Crippen molar-refractivity contribution in [1.82, 2.24) is 0 Å². The standard InChI is InChI=1S/C27H18O/c28-27(19-9-11-25-21(15-19)13-17-5-1-3-7-23(17)25)20-10-12-26-22(16-20)14-18-6-2-4-8-24(18)26/h1-12,15-16H,13-14H2. The lowest BCUT2D eigenvalue weighted by Gasteiger charge is -2.07. The van der Waals surface area contributed by atoms with Crippen LogP contribution in [0.1, 0.15) is 38.2 Å². The fourth-order valence-electron chi connectivity index (χ4n) is 4.74. The molecule has 0 bridgehead atoms. The summed E-state index contributed by atoms with van der Waals surface area (Å²) in [6.07, 6.45) is 1.82. The number of rotatable bonds is 2. The van der Waals surface area contributed by atoms with Gasteiger partial charge in [0, 0.05) is 11.1 Å². The van der Waals surface area contributed by atoms with Gasteiger partial charge in [-0.05, 0) is 69.5 Å². The van der Waals surface area contributed by atoms with Gasteiger partial charge in [-0.15, -0.1) is 0 Å². The van der Waals surface area contributed by atoms with Crippen LogP contribution in [0.4, 0.5) is 0 Å². The molecule has 0 saturated carbocycles. The van der Waals surface area contributed by atoms with Gasteiger partial charge in [-0.2, -0.15) is 0 Å². The topological polar surface area (TPSA) is 17.1 Å². The molecule has 0 radical (unpaired) electrons. The SMILES string of the molecule is O=C(c1ccc2c(c1)Cc1ccccc1-2)c1ccc2c(c1)Cc1ccccc1-2. The summed E-state index contributed by atoms with van der Waals surface area (Å²) in [5.41, 5.74) is 11.9. The van der Waals surface area contributed by atoms with Gasteiger partial charge < -0.3 is 0 Å². The second-order valence-electron chi connectivity index (χ2n) is 7.74. The van der Waals surface area contributed by atoms with Crippen molar-refractivity contribution in [3.05, 3.63) is 118 Å². The maximum atomic E-state index is 13.2. The molecule has 0 amide bonds. The van der Waals surface area contributed by atoms with E-state index in [1.807, 2.05) is 12.1 Å². The monoisotopic (exact) mass is 358 g/mol. The first kappa shape index (κ1) is 15.6. The zero-order valence-corrected chi connectivity index (χ0v) is 15.4. The molecule has 4 aromatic carbocycles. The Kier molecular flexibility index (Phi) is 3.21. The molecule has 0 heterocycles. The van der Waals surface area contributed by atoms with Crippen molar-refractivity contribution >= 4 is 5.78 Å². The quantitative estimate of drug-likeness (QED) is 0.344. The number of hydrogen-bond donors (Lipinski definition) is 0.